The highest BCUT2D eigenvalue weighted by atomic mass is 32.2. The molecule has 17 nitrogen and oxygen atoms in total. The summed E-state index contributed by atoms with van der Waals surface area (Å²) in [5, 5.41) is 15.3. The predicted octanol–water partition coefficient (Wildman–Crippen LogP) is 2.62. The Bertz CT molecular complexity index is 2300. The summed E-state index contributed by atoms with van der Waals surface area (Å²) in [6.07, 6.45) is 6.56. The first-order chi connectivity index (χ1) is 25.5. The lowest BCUT2D eigenvalue weighted by molar-refractivity contribution is -0.136. The summed E-state index contributed by atoms with van der Waals surface area (Å²) in [7, 11) is 0. The molecule has 0 saturated carbocycles. The fourth-order valence-electron chi connectivity index (χ4n) is 7.04. The number of hydrogen-bond acceptors (Lipinski definition) is 12. The number of nitrogens with one attached hydrogen (secondary N) is 2. The fraction of sp³-hybridized carbons (Fsp3) is 0.353. The normalized spacial score (nSPS) is 18.6. The molecule has 3 amide bonds. The summed E-state index contributed by atoms with van der Waals surface area (Å²) in [5.41, 5.74) is 2.79. The van der Waals surface area contributed by atoms with Gasteiger partial charge >= 0.3 is 0 Å². The highest BCUT2D eigenvalue weighted by molar-refractivity contribution is 7.77. The molecular formula is C34H35FN12O5S. The lowest BCUT2D eigenvalue weighted by Crippen LogP contribution is -2.52. The van der Waals surface area contributed by atoms with Gasteiger partial charge in [-0.25, -0.2) is 23.6 Å². The smallest absolute Gasteiger partial charge is 0.282 e. The van der Waals surface area contributed by atoms with E-state index in [4.69, 9.17) is 5.10 Å². The Morgan fingerprint density at radius 1 is 1.08 bits per heavy atom. The van der Waals surface area contributed by atoms with Crippen LogP contribution in [-0.2, 0) is 33.9 Å². The third-order valence-electron chi connectivity index (χ3n) is 9.71. The number of halogens is 1. The number of carbonyl (C=O) groups is 3. The zero-order valence-corrected chi connectivity index (χ0v) is 29.6. The van der Waals surface area contributed by atoms with Crippen LogP contribution in [0.1, 0.15) is 54.2 Å². The minimum atomic E-state index is -2.29. The van der Waals surface area contributed by atoms with Crippen molar-refractivity contribution >= 4 is 57.3 Å². The van der Waals surface area contributed by atoms with Crippen molar-refractivity contribution < 1.29 is 27.5 Å². The maximum Gasteiger partial charge on any atom is 0.282 e. The van der Waals surface area contributed by atoms with E-state index in [2.05, 4.69) is 54.3 Å². The van der Waals surface area contributed by atoms with Crippen LogP contribution < -0.4 is 15.5 Å². The number of hydrogen-bond donors (Lipinski definition) is 3. The van der Waals surface area contributed by atoms with Crippen LogP contribution in [0.4, 0.5) is 21.8 Å². The first kappa shape index (κ1) is 34.4. The molecule has 8 rings (SSSR count). The Kier molecular flexibility index (Phi) is 8.91. The maximum absolute atomic E-state index is 15.4. The van der Waals surface area contributed by atoms with Crippen molar-refractivity contribution in [2.24, 2.45) is 0 Å². The first-order valence-electron chi connectivity index (χ1n) is 17.1. The van der Waals surface area contributed by atoms with Gasteiger partial charge < -0.3 is 15.1 Å². The Morgan fingerprint density at radius 3 is 2.62 bits per heavy atom. The second kappa shape index (κ2) is 13.7. The average Bonchev–Trinajstić information content (AvgIpc) is 3.86. The van der Waals surface area contributed by atoms with Gasteiger partial charge in [0.2, 0.25) is 11.8 Å². The Hall–Kier alpha value is -5.66. The van der Waals surface area contributed by atoms with Crippen molar-refractivity contribution in [1.29, 1.82) is 0 Å². The summed E-state index contributed by atoms with van der Waals surface area (Å²) in [4.78, 5) is 56.4. The molecule has 1 aromatic carbocycles. The van der Waals surface area contributed by atoms with Crippen LogP contribution in [0.15, 0.2) is 49.1 Å². The average molecular weight is 743 g/mol. The lowest BCUT2D eigenvalue weighted by atomic mass is 10.0. The molecule has 5 aromatic rings. The standard InChI is InChI=1S/C34H35FN12O5S/c1-19(2)47-27-13-29(39-28-5-6-36-31(40-28)22-14-38-46(18-22)53(51)52)37-15-24(27)32(42-47)44-9-7-43(8-10-44)16-21-11-20-17-45(34(50)23(20)12-25(21)35)26-3-4-30(48)41-33(26)49/h5-6,11-15,18-19,26H,3-4,7-10,16-17H2,1-2H3,(H,51,52)(H,41,48,49)(H,36,37,39,40). The number of imide groups is 1. The monoisotopic (exact) mass is 742 g/mol. The molecule has 3 aliphatic rings. The van der Waals surface area contributed by atoms with Crippen LogP contribution in [0.3, 0.4) is 0 Å². The van der Waals surface area contributed by atoms with E-state index in [1.54, 1.807) is 24.5 Å². The van der Waals surface area contributed by atoms with Gasteiger partial charge in [-0.2, -0.15) is 14.3 Å². The third-order valence-corrected chi connectivity index (χ3v) is 10.2. The third kappa shape index (κ3) is 6.62. The van der Waals surface area contributed by atoms with E-state index in [-0.39, 0.29) is 36.9 Å². The molecule has 0 spiro atoms. The summed E-state index contributed by atoms with van der Waals surface area (Å²) in [6.45, 7) is 7.30. The highest BCUT2D eigenvalue weighted by Crippen LogP contribution is 2.33. The Labute approximate surface area is 304 Å². The van der Waals surface area contributed by atoms with Crippen LogP contribution in [0, 0.1) is 5.82 Å². The molecule has 0 radical (unpaired) electrons. The van der Waals surface area contributed by atoms with Crippen molar-refractivity contribution in [3.8, 4) is 11.4 Å². The molecule has 2 unspecified atom stereocenters. The van der Waals surface area contributed by atoms with Crippen LogP contribution >= 0.6 is 0 Å². The van der Waals surface area contributed by atoms with Gasteiger partial charge in [-0.15, -0.1) is 0 Å². The van der Waals surface area contributed by atoms with E-state index in [9.17, 15) is 23.1 Å². The number of amides is 3. The number of rotatable bonds is 9. The molecule has 0 aliphatic carbocycles. The van der Waals surface area contributed by atoms with Crippen LogP contribution in [-0.4, -0.2) is 102 Å². The molecule has 2 saturated heterocycles. The number of carbonyl (C=O) groups excluding carboxylic acids is 3. The minimum Gasteiger partial charge on any atom is -0.352 e. The number of piperazine rings is 1. The molecule has 2 atom stereocenters. The van der Waals surface area contributed by atoms with Gasteiger partial charge in [0.25, 0.3) is 17.2 Å². The molecule has 3 aliphatic heterocycles. The topological polar surface area (TPSA) is 197 Å². The van der Waals surface area contributed by atoms with E-state index in [1.807, 2.05) is 10.7 Å². The van der Waals surface area contributed by atoms with Crippen molar-refractivity contribution in [3.05, 3.63) is 71.6 Å². The molecule has 4 aromatic heterocycles. The first-order valence-corrected chi connectivity index (χ1v) is 18.2. The maximum atomic E-state index is 15.4. The zero-order chi connectivity index (χ0) is 37.0. The summed E-state index contributed by atoms with van der Waals surface area (Å²) >= 11 is -2.29. The van der Waals surface area contributed by atoms with Crippen LogP contribution in [0.25, 0.3) is 22.3 Å². The van der Waals surface area contributed by atoms with Gasteiger partial charge in [0.05, 0.1) is 28.9 Å². The number of piperidine rings is 1. The summed E-state index contributed by atoms with van der Waals surface area (Å²) in [6, 6.07) is 5.92. The van der Waals surface area contributed by atoms with E-state index in [0.29, 0.717) is 66.9 Å². The van der Waals surface area contributed by atoms with E-state index < -0.39 is 34.9 Å². The molecular weight excluding hydrogens is 708 g/mol. The molecule has 19 heteroatoms. The van der Waals surface area contributed by atoms with Gasteiger partial charge in [0, 0.05) is 81.3 Å². The molecule has 274 valence electrons. The fourth-order valence-corrected chi connectivity index (χ4v) is 7.37. The van der Waals surface area contributed by atoms with Crippen molar-refractivity contribution in [2.45, 2.75) is 51.9 Å². The van der Waals surface area contributed by atoms with Crippen molar-refractivity contribution in [3.63, 3.8) is 0 Å². The van der Waals surface area contributed by atoms with E-state index in [0.717, 1.165) is 20.8 Å². The molecule has 53 heavy (non-hydrogen) atoms. The number of aromatic nitrogens is 7. The van der Waals surface area contributed by atoms with Gasteiger partial charge in [-0.05, 0) is 44.0 Å². The molecule has 0 bridgehead atoms. The second-order valence-electron chi connectivity index (χ2n) is 13.5. The number of fused-ring (bicyclic) bond motifs is 2. The second-order valence-corrected chi connectivity index (χ2v) is 14.3. The van der Waals surface area contributed by atoms with Crippen LogP contribution in [0.5, 0.6) is 0 Å². The number of pyridine rings is 1. The van der Waals surface area contributed by atoms with Crippen molar-refractivity contribution in [2.75, 3.05) is 36.4 Å². The van der Waals surface area contributed by atoms with Gasteiger partial charge in [0.15, 0.2) is 11.6 Å². The molecule has 7 heterocycles. The molecule has 3 N–H and O–H groups in total. The number of nitrogens with zero attached hydrogens (tertiary/aromatic N) is 10. The quantitative estimate of drug-likeness (QED) is 0.147. The van der Waals surface area contributed by atoms with E-state index in [1.165, 1.54) is 23.4 Å². The highest BCUT2D eigenvalue weighted by Gasteiger charge is 2.39. The SMILES string of the molecule is CC(C)n1nc(N2CCN(Cc3cc4c(cc3F)C(=O)N(C3CCC(=O)NC3=O)C4)CC2)c2cnc(Nc3ccnc(-c4cnn(S(=O)O)c4)n3)cc21. The van der Waals surface area contributed by atoms with Gasteiger partial charge in [-0.3, -0.25) is 33.8 Å². The zero-order valence-electron chi connectivity index (χ0n) is 28.8. The minimum absolute atomic E-state index is 0.0580. The lowest BCUT2D eigenvalue weighted by Gasteiger charge is -2.35. The summed E-state index contributed by atoms with van der Waals surface area (Å²) in [5.74, 6) is 0.450. The van der Waals surface area contributed by atoms with Gasteiger partial charge in [-0.1, -0.05) is 0 Å². The predicted molar refractivity (Wildman–Crippen MR) is 191 cm³/mol. The summed E-state index contributed by atoms with van der Waals surface area (Å²) < 4.78 is 38.8. The van der Waals surface area contributed by atoms with Gasteiger partial charge in [0.1, 0.15) is 23.5 Å². The van der Waals surface area contributed by atoms with Crippen LogP contribution in [0.2, 0.25) is 0 Å². The molecule has 2 fully saturated rings. The largest absolute Gasteiger partial charge is 0.352 e. The number of benzene rings is 1. The van der Waals surface area contributed by atoms with E-state index >= 15 is 4.39 Å². The Morgan fingerprint density at radius 2 is 1.89 bits per heavy atom. The van der Waals surface area contributed by atoms with Crippen molar-refractivity contribution in [1.82, 2.24) is 49.0 Å². The Balaban J connectivity index is 0.946. The number of anilines is 3.